The van der Waals surface area contributed by atoms with Gasteiger partial charge in [0, 0.05) is 24.5 Å². The number of nitrogens with one attached hydrogen (secondary N) is 1. The average molecular weight is 517 g/mol. The Hall–Kier alpha value is -3.82. The van der Waals surface area contributed by atoms with Crippen molar-refractivity contribution in [3.63, 3.8) is 0 Å². The monoisotopic (exact) mass is 516 g/mol. The molecule has 1 saturated heterocycles. The summed E-state index contributed by atoms with van der Waals surface area (Å²) in [4.78, 5) is 33.4. The predicted octanol–water partition coefficient (Wildman–Crippen LogP) is 4.35. The van der Waals surface area contributed by atoms with Gasteiger partial charge in [0.2, 0.25) is 5.91 Å². The molecule has 0 bridgehead atoms. The van der Waals surface area contributed by atoms with Crippen LogP contribution in [0.15, 0.2) is 82.7 Å². The van der Waals surface area contributed by atoms with E-state index in [1.165, 1.54) is 16.3 Å². The molecule has 1 aliphatic heterocycles. The van der Waals surface area contributed by atoms with Gasteiger partial charge in [0.25, 0.3) is 5.56 Å². The van der Waals surface area contributed by atoms with Crippen molar-refractivity contribution in [3.05, 3.63) is 83.2 Å². The fourth-order valence-electron chi connectivity index (χ4n) is 4.25. The Morgan fingerprint density at radius 2 is 1.76 bits per heavy atom. The summed E-state index contributed by atoms with van der Waals surface area (Å²) in [5.41, 5.74) is 2.79. The second-order valence-electron chi connectivity index (χ2n) is 8.44. The number of para-hydroxylation sites is 3. The van der Waals surface area contributed by atoms with Gasteiger partial charge < -0.3 is 19.7 Å². The van der Waals surface area contributed by atoms with Crippen LogP contribution in [0.1, 0.15) is 6.92 Å². The Bertz CT molecular complexity index is 1450. The first-order valence-electron chi connectivity index (χ1n) is 12.2. The molecule has 0 aliphatic carbocycles. The van der Waals surface area contributed by atoms with Crippen molar-refractivity contribution in [1.29, 1.82) is 0 Å². The Morgan fingerprint density at radius 1 is 1.03 bits per heavy atom. The lowest BCUT2D eigenvalue weighted by molar-refractivity contribution is -0.113. The zero-order valence-corrected chi connectivity index (χ0v) is 21.4. The van der Waals surface area contributed by atoms with Gasteiger partial charge in [-0.2, -0.15) is 0 Å². The standard InChI is InChI=1S/C28H28N4O4S/c1-2-36-25-10-6-5-9-24(25)32-27(34)22-7-3-4-8-23(22)30-28(32)37-19-26(33)29-20-11-13-21(14-12-20)31-15-17-35-18-16-31/h3-14H,2,15-19H2,1H3,(H,29,33). The summed E-state index contributed by atoms with van der Waals surface area (Å²) in [6.45, 7) is 5.51. The van der Waals surface area contributed by atoms with E-state index in [0.29, 0.717) is 39.8 Å². The van der Waals surface area contributed by atoms with Crippen LogP contribution in [0.25, 0.3) is 16.6 Å². The molecule has 190 valence electrons. The Labute approximate surface area is 219 Å². The van der Waals surface area contributed by atoms with Crippen LogP contribution in [0.4, 0.5) is 11.4 Å². The predicted molar refractivity (Wildman–Crippen MR) is 147 cm³/mol. The summed E-state index contributed by atoms with van der Waals surface area (Å²) in [5, 5.41) is 3.87. The SMILES string of the molecule is CCOc1ccccc1-n1c(SCC(=O)Nc2ccc(N3CCOCC3)cc2)nc2ccccc2c1=O. The smallest absolute Gasteiger partial charge is 0.266 e. The van der Waals surface area contributed by atoms with E-state index in [2.05, 4.69) is 10.2 Å². The third-order valence-corrected chi connectivity index (χ3v) is 6.95. The van der Waals surface area contributed by atoms with E-state index in [-0.39, 0.29) is 17.2 Å². The first-order chi connectivity index (χ1) is 18.1. The van der Waals surface area contributed by atoms with Crippen LogP contribution in [0, 0.1) is 0 Å². The minimum absolute atomic E-state index is 0.0901. The van der Waals surface area contributed by atoms with Gasteiger partial charge in [0.15, 0.2) is 5.16 Å². The number of benzene rings is 3. The van der Waals surface area contributed by atoms with Gasteiger partial charge in [0.1, 0.15) is 5.75 Å². The number of ether oxygens (including phenoxy) is 2. The average Bonchev–Trinajstić information content (AvgIpc) is 2.94. The van der Waals surface area contributed by atoms with Crippen LogP contribution in [0.2, 0.25) is 0 Å². The van der Waals surface area contributed by atoms with Gasteiger partial charge in [-0.25, -0.2) is 4.98 Å². The number of amides is 1. The Balaban J connectivity index is 1.37. The third-order valence-electron chi connectivity index (χ3n) is 6.01. The normalized spacial score (nSPS) is 13.5. The maximum Gasteiger partial charge on any atom is 0.266 e. The fourth-order valence-corrected chi connectivity index (χ4v) is 5.05. The number of morpholine rings is 1. The number of hydrogen-bond donors (Lipinski definition) is 1. The van der Waals surface area contributed by atoms with Crippen molar-refractivity contribution in [2.75, 3.05) is 48.9 Å². The number of aromatic nitrogens is 2. The second kappa shape index (κ2) is 11.5. The van der Waals surface area contributed by atoms with Crippen LogP contribution < -0.4 is 20.5 Å². The number of fused-ring (bicyclic) bond motifs is 1. The van der Waals surface area contributed by atoms with Gasteiger partial charge in [-0.15, -0.1) is 0 Å². The summed E-state index contributed by atoms with van der Waals surface area (Å²) in [6, 6.07) is 22.4. The number of thioether (sulfide) groups is 1. The van der Waals surface area contributed by atoms with E-state index in [9.17, 15) is 9.59 Å². The minimum Gasteiger partial charge on any atom is -0.492 e. The summed E-state index contributed by atoms with van der Waals surface area (Å²) >= 11 is 1.21. The number of nitrogens with zero attached hydrogens (tertiary/aromatic N) is 3. The van der Waals surface area contributed by atoms with Crippen LogP contribution in [0.3, 0.4) is 0 Å². The number of carbonyl (C=O) groups excluding carboxylic acids is 1. The van der Waals surface area contributed by atoms with Crippen molar-refractivity contribution in [2.24, 2.45) is 0 Å². The lowest BCUT2D eigenvalue weighted by atomic mass is 10.2. The first-order valence-corrected chi connectivity index (χ1v) is 13.2. The number of hydrogen-bond acceptors (Lipinski definition) is 7. The molecule has 0 saturated carbocycles. The molecule has 1 fully saturated rings. The highest BCUT2D eigenvalue weighted by Gasteiger charge is 2.18. The van der Waals surface area contributed by atoms with Crippen molar-refractivity contribution in [3.8, 4) is 11.4 Å². The van der Waals surface area contributed by atoms with Crippen molar-refractivity contribution >= 4 is 39.9 Å². The van der Waals surface area contributed by atoms with Crippen molar-refractivity contribution in [1.82, 2.24) is 9.55 Å². The van der Waals surface area contributed by atoms with E-state index in [4.69, 9.17) is 14.5 Å². The molecule has 9 heteroatoms. The van der Waals surface area contributed by atoms with E-state index >= 15 is 0 Å². The second-order valence-corrected chi connectivity index (χ2v) is 9.38. The lowest BCUT2D eigenvalue weighted by Crippen LogP contribution is -2.36. The highest BCUT2D eigenvalue weighted by molar-refractivity contribution is 7.99. The molecule has 8 nitrogen and oxygen atoms in total. The van der Waals surface area contributed by atoms with Crippen molar-refractivity contribution in [2.45, 2.75) is 12.1 Å². The molecule has 2 heterocycles. The van der Waals surface area contributed by atoms with E-state index in [1.807, 2.05) is 67.6 Å². The highest BCUT2D eigenvalue weighted by Crippen LogP contribution is 2.27. The summed E-state index contributed by atoms with van der Waals surface area (Å²) < 4.78 is 12.7. The molecule has 5 rings (SSSR count). The van der Waals surface area contributed by atoms with Crippen LogP contribution in [0.5, 0.6) is 5.75 Å². The van der Waals surface area contributed by atoms with Crippen LogP contribution in [-0.2, 0) is 9.53 Å². The third kappa shape index (κ3) is 5.63. The zero-order valence-electron chi connectivity index (χ0n) is 20.6. The Kier molecular flexibility index (Phi) is 7.72. The maximum atomic E-state index is 13.5. The summed E-state index contributed by atoms with van der Waals surface area (Å²) in [5.74, 6) is 0.485. The molecule has 0 radical (unpaired) electrons. The van der Waals surface area contributed by atoms with Gasteiger partial charge in [-0.05, 0) is 55.5 Å². The number of anilines is 2. The molecule has 3 aromatic carbocycles. The molecule has 37 heavy (non-hydrogen) atoms. The van der Waals surface area contributed by atoms with Gasteiger partial charge in [-0.3, -0.25) is 14.2 Å². The van der Waals surface area contributed by atoms with Crippen LogP contribution >= 0.6 is 11.8 Å². The Morgan fingerprint density at radius 3 is 2.54 bits per heavy atom. The quantitative estimate of drug-likeness (QED) is 0.275. The molecule has 4 aromatic rings. The van der Waals surface area contributed by atoms with E-state index in [1.54, 1.807) is 12.1 Å². The van der Waals surface area contributed by atoms with Crippen LogP contribution in [-0.4, -0.2) is 54.1 Å². The molecule has 1 aliphatic rings. The molecule has 0 unspecified atom stereocenters. The number of rotatable bonds is 8. The summed E-state index contributed by atoms with van der Waals surface area (Å²) in [7, 11) is 0. The van der Waals surface area contributed by atoms with E-state index in [0.717, 1.165) is 32.0 Å². The molecule has 0 atom stereocenters. The maximum absolute atomic E-state index is 13.5. The van der Waals surface area contributed by atoms with Gasteiger partial charge >= 0.3 is 0 Å². The summed E-state index contributed by atoms with van der Waals surface area (Å²) in [6.07, 6.45) is 0. The molecule has 0 spiro atoms. The number of carbonyl (C=O) groups is 1. The highest BCUT2D eigenvalue weighted by atomic mass is 32.2. The molecule has 1 aromatic heterocycles. The first kappa shape index (κ1) is 24.9. The van der Waals surface area contributed by atoms with Gasteiger partial charge in [0.05, 0.1) is 42.2 Å². The lowest BCUT2D eigenvalue weighted by Gasteiger charge is -2.28. The molecular weight excluding hydrogens is 488 g/mol. The topological polar surface area (TPSA) is 85.7 Å². The molecule has 1 N–H and O–H groups in total. The minimum atomic E-state index is -0.209. The van der Waals surface area contributed by atoms with Gasteiger partial charge in [-0.1, -0.05) is 36.0 Å². The fraction of sp³-hybridized carbons (Fsp3) is 0.250. The zero-order chi connectivity index (χ0) is 25.6. The molecular formula is C28H28N4O4S. The van der Waals surface area contributed by atoms with Crippen molar-refractivity contribution < 1.29 is 14.3 Å². The largest absolute Gasteiger partial charge is 0.492 e. The van der Waals surface area contributed by atoms with E-state index < -0.39 is 0 Å². The molecule has 1 amide bonds.